The second kappa shape index (κ2) is 3.05. The molecule has 78 valence electrons. The summed E-state index contributed by atoms with van der Waals surface area (Å²) in [5, 5.41) is 4.58. The molecule has 0 saturated heterocycles. The van der Waals surface area contributed by atoms with Gasteiger partial charge >= 0.3 is 0 Å². The van der Waals surface area contributed by atoms with Crippen LogP contribution in [0.4, 0.5) is 0 Å². The molecule has 15 heavy (non-hydrogen) atoms. The van der Waals surface area contributed by atoms with Gasteiger partial charge in [0, 0.05) is 5.92 Å². The molecule has 0 bridgehead atoms. The van der Waals surface area contributed by atoms with Crippen molar-refractivity contribution in [2.45, 2.75) is 39.0 Å². The van der Waals surface area contributed by atoms with E-state index in [1.165, 1.54) is 24.2 Å². The fourth-order valence-electron chi connectivity index (χ4n) is 2.03. The Morgan fingerprint density at radius 2 is 2.20 bits per heavy atom. The van der Waals surface area contributed by atoms with E-state index in [2.05, 4.69) is 36.1 Å². The number of nitrogens with zero attached hydrogens (tertiary/aromatic N) is 3. The van der Waals surface area contributed by atoms with Crippen molar-refractivity contribution in [1.82, 2.24) is 14.6 Å². The first kappa shape index (κ1) is 8.89. The smallest absolute Gasteiger partial charge is 0.154 e. The zero-order chi connectivity index (χ0) is 10.4. The number of rotatable bonds is 2. The normalized spacial score (nSPS) is 16.1. The third-order valence-corrected chi connectivity index (χ3v) is 3.12. The minimum atomic E-state index is 0.705. The average Bonchev–Trinajstić information content (AvgIpc) is 3.05. The van der Waals surface area contributed by atoms with E-state index in [4.69, 9.17) is 0 Å². The average molecular weight is 201 g/mol. The van der Waals surface area contributed by atoms with Crippen molar-refractivity contribution in [2.75, 3.05) is 0 Å². The van der Waals surface area contributed by atoms with E-state index in [0.29, 0.717) is 5.92 Å². The number of fused-ring (bicyclic) bond motifs is 1. The molecule has 1 aliphatic carbocycles. The van der Waals surface area contributed by atoms with Crippen LogP contribution in [0.15, 0.2) is 12.1 Å². The van der Waals surface area contributed by atoms with Crippen molar-refractivity contribution < 1.29 is 0 Å². The lowest BCUT2D eigenvalue weighted by molar-refractivity contribution is 0.833. The van der Waals surface area contributed by atoms with Crippen LogP contribution in [0.3, 0.4) is 0 Å². The molecule has 2 aromatic rings. The van der Waals surface area contributed by atoms with Gasteiger partial charge in [0.2, 0.25) is 0 Å². The third-order valence-electron chi connectivity index (χ3n) is 3.12. The summed E-state index contributed by atoms with van der Waals surface area (Å²) in [5.74, 6) is 0.705. The van der Waals surface area contributed by atoms with Crippen LogP contribution in [-0.2, 0) is 6.42 Å². The molecule has 3 rings (SSSR count). The van der Waals surface area contributed by atoms with Crippen molar-refractivity contribution in [3.63, 3.8) is 0 Å². The topological polar surface area (TPSA) is 30.2 Å². The third kappa shape index (κ3) is 1.34. The SMILES string of the molecule is CCc1ccc2nc(C3CC3)c(C)n2n1. The van der Waals surface area contributed by atoms with Crippen molar-refractivity contribution in [3.05, 3.63) is 29.2 Å². The summed E-state index contributed by atoms with van der Waals surface area (Å²) in [4.78, 5) is 4.65. The Balaban J connectivity index is 2.21. The second-order valence-electron chi connectivity index (χ2n) is 4.30. The molecule has 3 nitrogen and oxygen atoms in total. The molecule has 0 unspecified atom stereocenters. The molecule has 0 aliphatic heterocycles. The number of aromatic nitrogens is 3. The van der Waals surface area contributed by atoms with Crippen molar-refractivity contribution in [2.24, 2.45) is 0 Å². The maximum Gasteiger partial charge on any atom is 0.154 e. The van der Waals surface area contributed by atoms with Crippen molar-refractivity contribution in [1.29, 1.82) is 0 Å². The van der Waals surface area contributed by atoms with E-state index in [1.54, 1.807) is 0 Å². The van der Waals surface area contributed by atoms with Gasteiger partial charge in [0.1, 0.15) is 0 Å². The highest BCUT2D eigenvalue weighted by Crippen LogP contribution is 2.40. The molecule has 0 atom stereocenters. The van der Waals surface area contributed by atoms with Crippen LogP contribution >= 0.6 is 0 Å². The largest absolute Gasteiger partial charge is 0.232 e. The molecule has 0 aromatic carbocycles. The molecule has 1 fully saturated rings. The van der Waals surface area contributed by atoms with E-state index in [1.807, 2.05) is 4.52 Å². The first-order valence-corrected chi connectivity index (χ1v) is 5.64. The Bertz CT molecular complexity index is 509. The molecule has 1 aliphatic rings. The summed E-state index contributed by atoms with van der Waals surface area (Å²) in [7, 11) is 0. The molecule has 2 heterocycles. The minimum absolute atomic E-state index is 0.705. The van der Waals surface area contributed by atoms with E-state index in [-0.39, 0.29) is 0 Å². The Hall–Kier alpha value is -1.38. The van der Waals surface area contributed by atoms with Gasteiger partial charge in [0.05, 0.1) is 17.1 Å². The Morgan fingerprint density at radius 3 is 2.87 bits per heavy atom. The number of hydrogen-bond donors (Lipinski definition) is 0. The van der Waals surface area contributed by atoms with Gasteiger partial charge < -0.3 is 0 Å². The van der Waals surface area contributed by atoms with Gasteiger partial charge in [0.15, 0.2) is 5.65 Å². The molecule has 2 aromatic heterocycles. The second-order valence-corrected chi connectivity index (χ2v) is 4.30. The minimum Gasteiger partial charge on any atom is -0.232 e. The lowest BCUT2D eigenvalue weighted by Gasteiger charge is -1.98. The quantitative estimate of drug-likeness (QED) is 0.747. The highest BCUT2D eigenvalue weighted by molar-refractivity contribution is 5.43. The van der Waals surface area contributed by atoms with Gasteiger partial charge in [-0.2, -0.15) is 5.10 Å². The number of hydrogen-bond acceptors (Lipinski definition) is 2. The number of aryl methyl sites for hydroxylation is 2. The van der Waals surface area contributed by atoms with Gasteiger partial charge in [-0.25, -0.2) is 9.50 Å². The van der Waals surface area contributed by atoms with Crippen LogP contribution in [-0.4, -0.2) is 14.6 Å². The first-order chi connectivity index (χ1) is 7.29. The number of imidazole rings is 1. The van der Waals surface area contributed by atoms with Gasteiger partial charge in [-0.05, 0) is 38.3 Å². The molecule has 0 radical (unpaired) electrons. The Morgan fingerprint density at radius 1 is 1.40 bits per heavy atom. The van der Waals surface area contributed by atoms with Crippen LogP contribution < -0.4 is 0 Å². The molecule has 0 amide bonds. The van der Waals surface area contributed by atoms with Crippen molar-refractivity contribution in [3.8, 4) is 0 Å². The van der Waals surface area contributed by atoms with Crippen LogP contribution in [0.1, 0.15) is 42.8 Å². The molecular formula is C12H15N3. The maximum absolute atomic E-state index is 4.65. The fourth-order valence-corrected chi connectivity index (χ4v) is 2.03. The molecule has 0 N–H and O–H groups in total. The van der Waals surface area contributed by atoms with Crippen molar-refractivity contribution >= 4 is 5.65 Å². The first-order valence-electron chi connectivity index (χ1n) is 5.64. The summed E-state index contributed by atoms with van der Waals surface area (Å²) < 4.78 is 1.99. The van der Waals surface area contributed by atoms with Crippen LogP contribution in [0.25, 0.3) is 5.65 Å². The van der Waals surface area contributed by atoms with E-state index in [0.717, 1.165) is 17.8 Å². The van der Waals surface area contributed by atoms with Crippen LogP contribution in [0.2, 0.25) is 0 Å². The lowest BCUT2D eigenvalue weighted by atomic mass is 10.2. The molecule has 1 saturated carbocycles. The highest BCUT2D eigenvalue weighted by atomic mass is 15.3. The van der Waals surface area contributed by atoms with Gasteiger partial charge in [0.25, 0.3) is 0 Å². The van der Waals surface area contributed by atoms with Gasteiger partial charge in [-0.1, -0.05) is 6.92 Å². The maximum atomic E-state index is 4.65. The van der Waals surface area contributed by atoms with E-state index < -0.39 is 0 Å². The lowest BCUT2D eigenvalue weighted by Crippen LogP contribution is -1.98. The molecule has 3 heteroatoms. The van der Waals surface area contributed by atoms with E-state index in [9.17, 15) is 0 Å². The Labute approximate surface area is 89.1 Å². The monoisotopic (exact) mass is 201 g/mol. The van der Waals surface area contributed by atoms with Crippen LogP contribution in [0.5, 0.6) is 0 Å². The zero-order valence-corrected chi connectivity index (χ0v) is 9.20. The van der Waals surface area contributed by atoms with Gasteiger partial charge in [-0.15, -0.1) is 0 Å². The summed E-state index contributed by atoms with van der Waals surface area (Å²) in [6.45, 7) is 4.25. The summed E-state index contributed by atoms with van der Waals surface area (Å²) in [5.41, 5.74) is 4.61. The molecule has 0 spiro atoms. The van der Waals surface area contributed by atoms with Crippen LogP contribution in [0, 0.1) is 6.92 Å². The highest BCUT2D eigenvalue weighted by Gasteiger charge is 2.28. The fraction of sp³-hybridized carbons (Fsp3) is 0.500. The predicted molar refractivity (Wildman–Crippen MR) is 59.1 cm³/mol. The standard InChI is InChI=1S/C12H15N3/c1-3-10-6-7-11-13-12(9-4-5-9)8(2)15(11)14-10/h6-7,9H,3-5H2,1-2H3. The Kier molecular flexibility index (Phi) is 1.81. The predicted octanol–water partition coefficient (Wildman–Crippen LogP) is 2.48. The summed E-state index contributed by atoms with van der Waals surface area (Å²) in [6.07, 6.45) is 3.57. The summed E-state index contributed by atoms with van der Waals surface area (Å²) in [6, 6.07) is 4.14. The zero-order valence-electron chi connectivity index (χ0n) is 9.20. The van der Waals surface area contributed by atoms with Gasteiger partial charge in [-0.3, -0.25) is 0 Å². The van der Waals surface area contributed by atoms with E-state index >= 15 is 0 Å². The molecular weight excluding hydrogens is 186 g/mol. The summed E-state index contributed by atoms with van der Waals surface area (Å²) >= 11 is 0.